The van der Waals surface area contributed by atoms with Gasteiger partial charge in [0.25, 0.3) is 0 Å². The molecular formula is C15H20ClNO3. The number of methoxy groups -OCH3 is 1. The van der Waals surface area contributed by atoms with Crippen LogP contribution in [0.4, 0.5) is 5.69 Å². The molecule has 1 aromatic carbocycles. The smallest absolute Gasteiger partial charge is 0.172 e. The predicted molar refractivity (Wildman–Crippen MR) is 78.3 cm³/mol. The van der Waals surface area contributed by atoms with Crippen LogP contribution in [0.3, 0.4) is 0 Å². The third-order valence-electron chi connectivity index (χ3n) is 3.98. The molecule has 0 N–H and O–H groups in total. The van der Waals surface area contributed by atoms with Crippen molar-refractivity contribution in [1.82, 2.24) is 0 Å². The van der Waals surface area contributed by atoms with Gasteiger partial charge in [0.2, 0.25) is 0 Å². The van der Waals surface area contributed by atoms with E-state index in [0.29, 0.717) is 13.2 Å². The zero-order chi connectivity index (χ0) is 14.0. The zero-order valence-corrected chi connectivity index (χ0v) is 12.4. The fourth-order valence-electron chi connectivity index (χ4n) is 2.90. The molecule has 1 atom stereocenters. The maximum absolute atomic E-state index is 6.04. The van der Waals surface area contributed by atoms with E-state index in [1.54, 1.807) is 7.11 Å². The van der Waals surface area contributed by atoms with Crippen molar-refractivity contribution in [1.29, 1.82) is 0 Å². The number of nitrogens with zero attached hydrogens (tertiary/aromatic N) is 1. The molecule has 2 fully saturated rings. The van der Waals surface area contributed by atoms with Gasteiger partial charge in [-0.2, -0.15) is 0 Å². The first-order chi connectivity index (χ1) is 9.71. The largest absolute Gasteiger partial charge is 0.382 e. The van der Waals surface area contributed by atoms with E-state index in [1.165, 1.54) is 5.69 Å². The molecule has 0 bridgehead atoms. The van der Waals surface area contributed by atoms with E-state index in [-0.39, 0.29) is 6.10 Å². The second kappa shape index (κ2) is 5.90. The van der Waals surface area contributed by atoms with Crippen molar-refractivity contribution in [2.75, 3.05) is 38.3 Å². The fraction of sp³-hybridized carbons (Fsp3) is 0.600. The van der Waals surface area contributed by atoms with E-state index in [9.17, 15) is 0 Å². The first kappa shape index (κ1) is 14.1. The van der Waals surface area contributed by atoms with Crippen LogP contribution >= 0.6 is 11.6 Å². The molecule has 2 aliphatic rings. The van der Waals surface area contributed by atoms with E-state index in [0.717, 1.165) is 31.0 Å². The van der Waals surface area contributed by atoms with Crippen LogP contribution in [0.5, 0.6) is 0 Å². The molecule has 3 rings (SSSR count). The number of hydrogen-bond acceptors (Lipinski definition) is 4. The summed E-state index contributed by atoms with van der Waals surface area (Å²) < 4.78 is 17.1. The summed E-state index contributed by atoms with van der Waals surface area (Å²) in [6, 6.07) is 7.98. The van der Waals surface area contributed by atoms with Gasteiger partial charge in [0.1, 0.15) is 6.10 Å². The minimum atomic E-state index is -0.397. The third kappa shape index (κ3) is 2.93. The Morgan fingerprint density at radius 1 is 1.30 bits per heavy atom. The highest BCUT2D eigenvalue weighted by Gasteiger charge is 2.43. The number of hydrogen-bond donors (Lipinski definition) is 0. The van der Waals surface area contributed by atoms with Crippen molar-refractivity contribution in [3.8, 4) is 0 Å². The lowest BCUT2D eigenvalue weighted by Crippen LogP contribution is -2.45. The molecule has 0 radical (unpaired) electrons. The summed E-state index contributed by atoms with van der Waals surface area (Å²) in [7, 11) is 1.69. The number of ether oxygens (including phenoxy) is 3. The second-order valence-corrected chi connectivity index (χ2v) is 5.82. The first-order valence-corrected chi connectivity index (χ1v) is 7.40. The van der Waals surface area contributed by atoms with E-state index >= 15 is 0 Å². The van der Waals surface area contributed by atoms with Crippen molar-refractivity contribution in [3.63, 3.8) is 0 Å². The average Bonchev–Trinajstić information content (AvgIpc) is 2.84. The maximum Gasteiger partial charge on any atom is 0.172 e. The van der Waals surface area contributed by atoms with Gasteiger partial charge in [-0.3, -0.25) is 0 Å². The lowest BCUT2D eigenvalue weighted by Gasteiger charge is -2.39. The van der Waals surface area contributed by atoms with E-state index < -0.39 is 5.79 Å². The van der Waals surface area contributed by atoms with Crippen molar-refractivity contribution in [2.45, 2.75) is 24.7 Å². The SMILES string of the molecule is COCC1COC2(CCN(c3ccc(Cl)cc3)CC2)O1. The molecule has 1 spiro atoms. The molecular weight excluding hydrogens is 278 g/mol. The number of halogens is 1. The van der Waals surface area contributed by atoms with E-state index in [1.807, 2.05) is 12.1 Å². The molecule has 2 heterocycles. The number of anilines is 1. The van der Waals surface area contributed by atoms with Crippen LogP contribution in [-0.4, -0.2) is 45.3 Å². The van der Waals surface area contributed by atoms with Crippen LogP contribution in [-0.2, 0) is 14.2 Å². The van der Waals surface area contributed by atoms with Crippen LogP contribution in [0.1, 0.15) is 12.8 Å². The Morgan fingerprint density at radius 3 is 2.65 bits per heavy atom. The van der Waals surface area contributed by atoms with Gasteiger partial charge < -0.3 is 19.1 Å². The Hall–Kier alpha value is -0.810. The van der Waals surface area contributed by atoms with Gasteiger partial charge in [0, 0.05) is 43.8 Å². The Bertz CT molecular complexity index is 443. The molecule has 20 heavy (non-hydrogen) atoms. The molecule has 0 amide bonds. The van der Waals surface area contributed by atoms with Gasteiger partial charge in [-0.15, -0.1) is 0 Å². The predicted octanol–water partition coefficient (Wildman–Crippen LogP) is 2.70. The lowest BCUT2D eigenvalue weighted by molar-refractivity contribution is -0.184. The number of piperidine rings is 1. The van der Waals surface area contributed by atoms with Crippen molar-refractivity contribution in [3.05, 3.63) is 29.3 Å². The Labute approximate surface area is 124 Å². The Morgan fingerprint density at radius 2 is 2.00 bits per heavy atom. The normalized spacial score (nSPS) is 25.3. The fourth-order valence-corrected chi connectivity index (χ4v) is 3.03. The summed E-state index contributed by atoms with van der Waals surface area (Å²) in [5.41, 5.74) is 1.20. The summed E-state index contributed by atoms with van der Waals surface area (Å²) in [4.78, 5) is 2.35. The molecule has 0 aliphatic carbocycles. The summed E-state index contributed by atoms with van der Waals surface area (Å²) >= 11 is 5.92. The van der Waals surface area contributed by atoms with Crippen LogP contribution in [0.25, 0.3) is 0 Å². The van der Waals surface area contributed by atoms with Crippen molar-refractivity contribution >= 4 is 17.3 Å². The van der Waals surface area contributed by atoms with Crippen LogP contribution < -0.4 is 4.90 Å². The third-order valence-corrected chi connectivity index (χ3v) is 4.24. The Kier molecular flexibility index (Phi) is 4.17. The monoisotopic (exact) mass is 297 g/mol. The highest BCUT2D eigenvalue weighted by molar-refractivity contribution is 6.30. The van der Waals surface area contributed by atoms with Gasteiger partial charge in [0.05, 0.1) is 13.2 Å². The summed E-state index contributed by atoms with van der Waals surface area (Å²) in [5, 5.41) is 0.770. The standard InChI is InChI=1S/C15H20ClNO3/c1-18-10-14-11-19-15(20-14)6-8-17(9-7-15)13-4-2-12(16)3-5-13/h2-5,14H,6-11H2,1H3. The van der Waals surface area contributed by atoms with Gasteiger partial charge in [-0.05, 0) is 24.3 Å². The van der Waals surface area contributed by atoms with Gasteiger partial charge >= 0.3 is 0 Å². The van der Waals surface area contributed by atoms with E-state index in [4.69, 9.17) is 25.8 Å². The topological polar surface area (TPSA) is 30.9 Å². The van der Waals surface area contributed by atoms with Crippen LogP contribution in [0.2, 0.25) is 5.02 Å². The lowest BCUT2D eigenvalue weighted by atomic mass is 10.0. The van der Waals surface area contributed by atoms with E-state index in [2.05, 4.69) is 17.0 Å². The first-order valence-electron chi connectivity index (χ1n) is 7.02. The quantitative estimate of drug-likeness (QED) is 0.858. The second-order valence-electron chi connectivity index (χ2n) is 5.38. The maximum atomic E-state index is 6.04. The highest BCUT2D eigenvalue weighted by atomic mass is 35.5. The molecule has 5 heteroatoms. The van der Waals surface area contributed by atoms with Crippen LogP contribution in [0.15, 0.2) is 24.3 Å². The van der Waals surface area contributed by atoms with Gasteiger partial charge in [-0.25, -0.2) is 0 Å². The molecule has 4 nitrogen and oxygen atoms in total. The van der Waals surface area contributed by atoms with Crippen molar-refractivity contribution < 1.29 is 14.2 Å². The summed E-state index contributed by atoms with van der Waals surface area (Å²) in [6.45, 7) is 3.10. The summed E-state index contributed by atoms with van der Waals surface area (Å²) in [6.07, 6.45) is 1.84. The average molecular weight is 298 g/mol. The van der Waals surface area contributed by atoms with Gasteiger partial charge in [-0.1, -0.05) is 11.6 Å². The molecule has 110 valence electrons. The molecule has 1 aromatic rings. The molecule has 1 unspecified atom stereocenters. The zero-order valence-electron chi connectivity index (χ0n) is 11.7. The molecule has 0 aromatic heterocycles. The number of benzene rings is 1. The van der Waals surface area contributed by atoms with Gasteiger partial charge in [0.15, 0.2) is 5.79 Å². The summed E-state index contributed by atoms with van der Waals surface area (Å²) in [5.74, 6) is -0.397. The molecule has 2 saturated heterocycles. The number of rotatable bonds is 3. The van der Waals surface area contributed by atoms with Crippen LogP contribution in [0, 0.1) is 0 Å². The minimum Gasteiger partial charge on any atom is -0.382 e. The minimum absolute atomic E-state index is 0.0714. The molecule has 2 aliphatic heterocycles. The Balaban J connectivity index is 1.58. The highest BCUT2D eigenvalue weighted by Crippen LogP contribution is 2.35. The molecule has 0 saturated carbocycles. The van der Waals surface area contributed by atoms with Crippen molar-refractivity contribution in [2.24, 2.45) is 0 Å².